The van der Waals surface area contributed by atoms with Gasteiger partial charge >= 0.3 is 12.1 Å². The van der Waals surface area contributed by atoms with E-state index in [2.05, 4.69) is 21.7 Å². The summed E-state index contributed by atoms with van der Waals surface area (Å²) in [6, 6.07) is 27.5. The molecule has 12 nitrogen and oxygen atoms in total. The van der Waals surface area contributed by atoms with Crippen LogP contribution < -0.4 is 10.6 Å². The number of amides is 5. The number of carboxylic acid groups (broad SMARTS) is 1. The average molecular weight is 819 g/mol. The lowest BCUT2D eigenvalue weighted by Gasteiger charge is -2.38. The van der Waals surface area contributed by atoms with Gasteiger partial charge < -0.3 is 30.6 Å². The molecule has 1 saturated heterocycles. The Morgan fingerprint density at radius 1 is 0.783 bits per heavy atom. The second-order valence-corrected chi connectivity index (χ2v) is 18.2. The molecule has 12 heteroatoms. The SMILES string of the molecule is Cc1cccc(CN2CCN([C@H](C(=O)N[C@@H](Cc3ccccc3)[C@@H](O)C[C@H](Cc3ccc(-c4ccccn4)cc3)NC(=O)[C@@H](N(C)C(=O)O)C(C)(C)C)C(C)(C)C)C2=O)c1. The first-order valence-corrected chi connectivity index (χ1v) is 20.7. The van der Waals surface area contributed by atoms with Gasteiger partial charge in [-0.2, -0.15) is 0 Å². The number of aromatic nitrogens is 1. The fraction of sp³-hybridized carbons (Fsp3) is 0.438. The van der Waals surface area contributed by atoms with Crippen molar-refractivity contribution in [2.45, 2.75) is 105 Å². The maximum atomic E-state index is 14.6. The Morgan fingerprint density at radius 3 is 2.03 bits per heavy atom. The van der Waals surface area contributed by atoms with Gasteiger partial charge in [-0.05, 0) is 65.8 Å². The molecule has 2 heterocycles. The lowest BCUT2D eigenvalue weighted by atomic mass is 9.84. The van der Waals surface area contributed by atoms with Crippen LogP contribution in [0.1, 0.15) is 70.2 Å². The summed E-state index contributed by atoms with van der Waals surface area (Å²) in [5.74, 6) is -0.872. The molecule has 0 bridgehead atoms. The summed E-state index contributed by atoms with van der Waals surface area (Å²) in [5.41, 5.74) is 4.22. The maximum absolute atomic E-state index is 14.6. The van der Waals surface area contributed by atoms with E-state index in [9.17, 15) is 29.4 Å². The van der Waals surface area contributed by atoms with Crippen LogP contribution in [0.2, 0.25) is 0 Å². The molecule has 5 atom stereocenters. The molecule has 60 heavy (non-hydrogen) atoms. The van der Waals surface area contributed by atoms with Crippen molar-refractivity contribution in [3.63, 3.8) is 0 Å². The molecule has 0 unspecified atom stereocenters. The van der Waals surface area contributed by atoms with E-state index in [1.807, 2.05) is 119 Å². The third-order valence-corrected chi connectivity index (χ3v) is 11.1. The summed E-state index contributed by atoms with van der Waals surface area (Å²) in [7, 11) is 1.38. The zero-order chi connectivity index (χ0) is 43.8. The van der Waals surface area contributed by atoms with E-state index < -0.39 is 53.1 Å². The van der Waals surface area contributed by atoms with Gasteiger partial charge in [-0.1, -0.05) is 132 Å². The number of nitrogens with zero attached hydrogens (tertiary/aromatic N) is 4. The van der Waals surface area contributed by atoms with E-state index in [4.69, 9.17) is 0 Å². The van der Waals surface area contributed by atoms with Gasteiger partial charge in [-0.15, -0.1) is 0 Å². The lowest BCUT2D eigenvalue weighted by molar-refractivity contribution is -0.131. The monoisotopic (exact) mass is 818 g/mol. The normalized spacial score (nSPS) is 15.8. The number of rotatable bonds is 16. The van der Waals surface area contributed by atoms with Gasteiger partial charge in [0.15, 0.2) is 0 Å². The number of nitrogens with one attached hydrogen (secondary N) is 2. The third kappa shape index (κ3) is 11.9. The molecule has 0 spiro atoms. The Bertz CT molecular complexity index is 2060. The summed E-state index contributed by atoms with van der Waals surface area (Å²) in [4.78, 5) is 63.7. The van der Waals surface area contributed by atoms with Gasteiger partial charge in [-0.25, -0.2) is 9.59 Å². The molecule has 5 amide bonds. The number of benzene rings is 3. The van der Waals surface area contributed by atoms with Crippen LogP contribution in [0.4, 0.5) is 9.59 Å². The van der Waals surface area contributed by atoms with Crippen molar-refractivity contribution in [2.24, 2.45) is 10.8 Å². The molecule has 0 aliphatic carbocycles. The van der Waals surface area contributed by atoms with Crippen LogP contribution in [-0.4, -0.2) is 104 Å². The van der Waals surface area contributed by atoms with Crippen molar-refractivity contribution in [3.05, 3.63) is 126 Å². The van der Waals surface area contributed by atoms with Crippen molar-refractivity contribution in [3.8, 4) is 11.3 Å². The minimum absolute atomic E-state index is 0.0340. The molecule has 1 aromatic heterocycles. The molecule has 3 aromatic carbocycles. The second-order valence-electron chi connectivity index (χ2n) is 18.2. The molecule has 0 radical (unpaired) electrons. The summed E-state index contributed by atoms with van der Waals surface area (Å²) in [6.45, 7) is 14.5. The highest BCUT2D eigenvalue weighted by Crippen LogP contribution is 2.30. The van der Waals surface area contributed by atoms with Crippen molar-refractivity contribution >= 4 is 23.9 Å². The zero-order valence-corrected chi connectivity index (χ0v) is 36.3. The van der Waals surface area contributed by atoms with Gasteiger partial charge in [0.2, 0.25) is 11.8 Å². The Hall–Kier alpha value is -5.75. The number of aliphatic hydroxyl groups is 1. The molecule has 0 saturated carbocycles. The van der Waals surface area contributed by atoms with Gasteiger partial charge in [0.05, 0.1) is 17.8 Å². The highest BCUT2D eigenvalue weighted by atomic mass is 16.4. The topological polar surface area (TPSA) is 155 Å². The first-order chi connectivity index (χ1) is 28.3. The number of carbonyl (C=O) groups excluding carboxylic acids is 3. The van der Waals surface area contributed by atoms with Gasteiger partial charge in [0.1, 0.15) is 12.1 Å². The number of hydrogen-bond acceptors (Lipinski definition) is 6. The van der Waals surface area contributed by atoms with E-state index in [0.29, 0.717) is 26.1 Å². The number of carbonyl (C=O) groups is 4. The Labute approximate surface area is 355 Å². The fourth-order valence-corrected chi connectivity index (χ4v) is 8.25. The molecule has 4 aromatic rings. The number of aliphatic hydroxyl groups excluding tert-OH is 1. The predicted molar refractivity (Wildman–Crippen MR) is 234 cm³/mol. The Balaban J connectivity index is 1.43. The Morgan fingerprint density at radius 2 is 1.43 bits per heavy atom. The highest BCUT2D eigenvalue weighted by molar-refractivity contribution is 5.89. The number of aryl methyl sites for hydroxylation is 1. The minimum atomic E-state index is -1.24. The first kappa shape index (κ1) is 45.3. The average Bonchev–Trinajstić information content (AvgIpc) is 3.52. The molecule has 1 aliphatic heterocycles. The summed E-state index contributed by atoms with van der Waals surface area (Å²) >= 11 is 0. The molecular formula is C48H62N6O6. The van der Waals surface area contributed by atoms with Crippen LogP contribution in [0, 0.1) is 17.8 Å². The number of pyridine rings is 1. The minimum Gasteiger partial charge on any atom is -0.465 e. The van der Waals surface area contributed by atoms with Crippen LogP contribution >= 0.6 is 0 Å². The largest absolute Gasteiger partial charge is 0.465 e. The first-order valence-electron chi connectivity index (χ1n) is 20.7. The smallest absolute Gasteiger partial charge is 0.407 e. The molecule has 1 fully saturated rings. The fourth-order valence-electron chi connectivity index (χ4n) is 8.25. The van der Waals surface area contributed by atoms with E-state index >= 15 is 0 Å². The molecule has 320 valence electrons. The van der Waals surface area contributed by atoms with Crippen molar-refractivity contribution in [2.75, 3.05) is 20.1 Å². The highest BCUT2D eigenvalue weighted by Gasteiger charge is 2.45. The number of hydrogen-bond donors (Lipinski definition) is 4. The van der Waals surface area contributed by atoms with E-state index in [1.54, 1.807) is 36.8 Å². The predicted octanol–water partition coefficient (Wildman–Crippen LogP) is 6.94. The van der Waals surface area contributed by atoms with Crippen molar-refractivity contribution in [1.29, 1.82) is 0 Å². The summed E-state index contributed by atoms with van der Waals surface area (Å²) < 4.78 is 0. The van der Waals surface area contributed by atoms with Crippen LogP contribution in [0.5, 0.6) is 0 Å². The van der Waals surface area contributed by atoms with E-state index in [-0.39, 0.29) is 24.8 Å². The maximum Gasteiger partial charge on any atom is 0.407 e. The zero-order valence-electron chi connectivity index (χ0n) is 36.3. The van der Waals surface area contributed by atoms with Gasteiger partial charge in [0.25, 0.3) is 0 Å². The number of likely N-dealkylation sites (N-methyl/N-ethyl adjacent to an activating group) is 1. The van der Waals surface area contributed by atoms with Crippen molar-refractivity contribution < 1.29 is 29.4 Å². The quantitative estimate of drug-likeness (QED) is 0.0955. The molecule has 1 aliphatic rings. The lowest BCUT2D eigenvalue weighted by Crippen LogP contribution is -2.59. The molecule has 5 rings (SSSR count). The third-order valence-electron chi connectivity index (χ3n) is 11.1. The van der Waals surface area contributed by atoms with E-state index in [0.717, 1.165) is 38.4 Å². The Kier molecular flexibility index (Phi) is 14.8. The van der Waals surface area contributed by atoms with Crippen LogP contribution in [0.3, 0.4) is 0 Å². The second kappa shape index (κ2) is 19.5. The number of urea groups is 1. The van der Waals surface area contributed by atoms with Gasteiger partial charge in [0, 0.05) is 44.5 Å². The summed E-state index contributed by atoms with van der Waals surface area (Å²) in [5, 5.41) is 28.4. The standard InChI is InChI=1S/C48H62N6O6/c1-32-15-14-18-35(27-32)31-53-25-26-54(45(53)58)42(48(5,6)7)44(57)51-39(29-33-16-10-9-11-17-33)40(55)30-37(50-43(56)41(47(2,3)4)52(8)46(59)60)28-34-20-22-36(23-21-34)38-19-12-13-24-49-38/h9-24,27,37,39-42,55H,25-26,28-31H2,1-8H3,(H,50,56)(H,51,57)(H,59,60)/t37-,39-,40-,41+,42+/m0/s1. The van der Waals surface area contributed by atoms with Crippen LogP contribution in [0.25, 0.3) is 11.3 Å². The van der Waals surface area contributed by atoms with E-state index in [1.165, 1.54) is 7.05 Å². The molecule has 4 N–H and O–H groups in total. The van der Waals surface area contributed by atoms with Crippen LogP contribution in [-0.2, 0) is 29.0 Å². The van der Waals surface area contributed by atoms with Crippen LogP contribution in [0.15, 0.2) is 103 Å². The molecular weight excluding hydrogens is 757 g/mol. The van der Waals surface area contributed by atoms with Crippen molar-refractivity contribution in [1.82, 2.24) is 30.3 Å². The van der Waals surface area contributed by atoms with Gasteiger partial charge in [-0.3, -0.25) is 19.5 Å². The summed E-state index contributed by atoms with van der Waals surface area (Å²) in [6.07, 6.45) is -0.0368.